The summed E-state index contributed by atoms with van der Waals surface area (Å²) in [6.45, 7) is 8.53. The molecule has 2 aromatic carbocycles. The molecule has 1 N–H and O–H groups in total. The summed E-state index contributed by atoms with van der Waals surface area (Å²) in [5.74, 6) is -0.0224. The van der Waals surface area contributed by atoms with Gasteiger partial charge in [0.2, 0.25) is 0 Å². The van der Waals surface area contributed by atoms with Crippen LogP contribution in [-0.4, -0.2) is 42.0 Å². The zero-order chi connectivity index (χ0) is 22.7. The monoisotopic (exact) mass is 423 g/mol. The van der Waals surface area contributed by atoms with Crippen molar-refractivity contribution in [2.45, 2.75) is 40.2 Å². The Bertz CT molecular complexity index is 1020. The van der Waals surface area contributed by atoms with Crippen molar-refractivity contribution in [2.24, 2.45) is 0 Å². The normalized spacial score (nSPS) is 17.8. The summed E-state index contributed by atoms with van der Waals surface area (Å²) >= 11 is 0. The number of benzene rings is 2. The number of aliphatic hydroxyl groups is 1. The molecule has 164 valence electrons. The molecule has 0 saturated carbocycles. The van der Waals surface area contributed by atoms with Crippen LogP contribution >= 0.6 is 0 Å². The molecule has 1 amide bonds. The molecule has 0 bridgehead atoms. The van der Waals surface area contributed by atoms with Crippen LogP contribution in [-0.2, 0) is 9.59 Å². The van der Waals surface area contributed by atoms with Gasteiger partial charge in [-0.15, -0.1) is 0 Å². The Morgan fingerprint density at radius 1 is 1.06 bits per heavy atom. The molecule has 0 radical (unpaired) electrons. The zero-order valence-corrected chi connectivity index (χ0v) is 18.7. The largest absolute Gasteiger partial charge is 0.507 e. The van der Waals surface area contributed by atoms with E-state index in [1.54, 1.807) is 13.2 Å². The SMILES string of the molecule is CCCN1C(=O)C(=O)/C(=C(/O)c2cc(C)c(OC)cc2C)C1c1ccc(OCC)cc1. The zero-order valence-electron chi connectivity index (χ0n) is 18.7. The molecule has 1 heterocycles. The van der Waals surface area contributed by atoms with Crippen molar-refractivity contribution < 1.29 is 24.2 Å². The second-order valence-electron chi connectivity index (χ2n) is 7.63. The molecule has 2 aromatic rings. The van der Waals surface area contributed by atoms with Crippen LogP contribution in [0.25, 0.3) is 5.76 Å². The van der Waals surface area contributed by atoms with Crippen molar-refractivity contribution >= 4 is 17.4 Å². The first-order chi connectivity index (χ1) is 14.8. The Morgan fingerprint density at radius 3 is 2.32 bits per heavy atom. The molecular formula is C25H29NO5. The third-order valence-electron chi connectivity index (χ3n) is 5.51. The first kappa shape index (κ1) is 22.4. The Kier molecular flexibility index (Phi) is 6.68. The number of carbonyl (C=O) groups excluding carboxylic acids is 2. The average Bonchev–Trinajstić information content (AvgIpc) is 3.00. The number of hydrogen-bond donors (Lipinski definition) is 1. The highest BCUT2D eigenvalue weighted by molar-refractivity contribution is 6.46. The second kappa shape index (κ2) is 9.25. The van der Waals surface area contributed by atoms with Crippen LogP contribution < -0.4 is 9.47 Å². The molecule has 1 saturated heterocycles. The predicted octanol–water partition coefficient (Wildman–Crippen LogP) is 4.54. The third-order valence-corrected chi connectivity index (χ3v) is 5.51. The Hall–Kier alpha value is -3.28. The van der Waals surface area contributed by atoms with Gasteiger partial charge in [0, 0.05) is 12.1 Å². The molecule has 1 aliphatic heterocycles. The van der Waals surface area contributed by atoms with E-state index in [0.717, 1.165) is 16.7 Å². The number of carbonyl (C=O) groups is 2. The van der Waals surface area contributed by atoms with E-state index in [1.807, 2.05) is 58.0 Å². The fourth-order valence-electron chi connectivity index (χ4n) is 4.02. The molecule has 6 heteroatoms. The molecule has 1 aliphatic rings. The molecule has 31 heavy (non-hydrogen) atoms. The Balaban J connectivity index is 2.18. The van der Waals surface area contributed by atoms with E-state index in [2.05, 4.69) is 0 Å². The summed E-state index contributed by atoms with van der Waals surface area (Å²) in [5, 5.41) is 11.2. The number of hydrogen-bond acceptors (Lipinski definition) is 5. The van der Waals surface area contributed by atoms with Gasteiger partial charge in [-0.25, -0.2) is 0 Å². The standard InChI is InChI=1S/C25H29NO5/c1-6-12-26-22(17-8-10-18(11-9-17)31-7-2)21(24(28)25(26)29)23(27)19-13-16(4)20(30-5)14-15(19)3/h8-11,13-14,22,27H,6-7,12H2,1-5H3/b23-21+. The Morgan fingerprint density at radius 2 is 1.74 bits per heavy atom. The van der Waals surface area contributed by atoms with Gasteiger partial charge in [-0.2, -0.15) is 0 Å². The number of aliphatic hydroxyl groups excluding tert-OH is 1. The minimum absolute atomic E-state index is 0.107. The van der Waals surface area contributed by atoms with Crippen molar-refractivity contribution in [3.05, 3.63) is 64.2 Å². The topological polar surface area (TPSA) is 76.1 Å². The van der Waals surface area contributed by atoms with E-state index >= 15 is 0 Å². The highest BCUT2D eigenvalue weighted by atomic mass is 16.5. The van der Waals surface area contributed by atoms with E-state index in [1.165, 1.54) is 4.90 Å². The molecular weight excluding hydrogens is 394 g/mol. The summed E-state index contributed by atoms with van der Waals surface area (Å²) in [6.07, 6.45) is 0.696. The quantitative estimate of drug-likeness (QED) is 0.402. The van der Waals surface area contributed by atoms with E-state index in [-0.39, 0.29) is 11.3 Å². The number of amides is 1. The summed E-state index contributed by atoms with van der Waals surface area (Å²) in [7, 11) is 1.59. The number of aryl methyl sites for hydroxylation is 2. The first-order valence-electron chi connectivity index (χ1n) is 10.5. The maximum Gasteiger partial charge on any atom is 0.295 e. The summed E-state index contributed by atoms with van der Waals surface area (Å²) in [5.41, 5.74) is 2.96. The van der Waals surface area contributed by atoms with Crippen molar-refractivity contribution in [1.82, 2.24) is 4.90 Å². The number of likely N-dealkylation sites (tertiary alicyclic amines) is 1. The van der Waals surface area contributed by atoms with Crippen LogP contribution in [0.4, 0.5) is 0 Å². The van der Waals surface area contributed by atoms with Crippen molar-refractivity contribution in [1.29, 1.82) is 0 Å². The van der Waals surface area contributed by atoms with E-state index in [9.17, 15) is 14.7 Å². The molecule has 3 rings (SSSR count). The minimum Gasteiger partial charge on any atom is -0.507 e. The third kappa shape index (κ3) is 4.15. The fraction of sp³-hybridized carbons (Fsp3) is 0.360. The van der Waals surface area contributed by atoms with Crippen LogP contribution in [0.15, 0.2) is 42.0 Å². The van der Waals surface area contributed by atoms with Gasteiger partial charge in [-0.05, 0) is 68.1 Å². The molecule has 1 unspecified atom stereocenters. The van der Waals surface area contributed by atoms with Crippen molar-refractivity contribution in [3.63, 3.8) is 0 Å². The molecule has 1 atom stereocenters. The van der Waals surface area contributed by atoms with Crippen LogP contribution in [0.2, 0.25) is 0 Å². The highest BCUT2D eigenvalue weighted by Crippen LogP contribution is 2.41. The van der Waals surface area contributed by atoms with Crippen molar-refractivity contribution in [3.8, 4) is 11.5 Å². The smallest absolute Gasteiger partial charge is 0.295 e. The number of methoxy groups -OCH3 is 1. The maximum atomic E-state index is 13.0. The van der Waals surface area contributed by atoms with Crippen LogP contribution in [0.1, 0.15) is 48.6 Å². The summed E-state index contributed by atoms with van der Waals surface area (Å²) in [6, 6.07) is 10.2. The van der Waals surface area contributed by atoms with Gasteiger partial charge in [0.05, 0.1) is 25.3 Å². The lowest BCUT2D eigenvalue weighted by Gasteiger charge is -2.25. The molecule has 1 fully saturated rings. The van der Waals surface area contributed by atoms with E-state index in [4.69, 9.17) is 9.47 Å². The van der Waals surface area contributed by atoms with Gasteiger partial charge in [-0.1, -0.05) is 19.1 Å². The minimum atomic E-state index is -0.669. The maximum absolute atomic E-state index is 13.0. The fourth-order valence-corrected chi connectivity index (χ4v) is 4.02. The van der Waals surface area contributed by atoms with Gasteiger partial charge in [-0.3, -0.25) is 9.59 Å². The number of nitrogens with zero attached hydrogens (tertiary/aromatic N) is 1. The number of Topliss-reactive ketones (excluding diaryl/α,β-unsaturated/α-hetero) is 1. The highest BCUT2D eigenvalue weighted by Gasteiger charge is 2.45. The van der Waals surface area contributed by atoms with E-state index in [0.29, 0.717) is 36.6 Å². The lowest BCUT2D eigenvalue weighted by Crippen LogP contribution is -2.30. The lowest BCUT2D eigenvalue weighted by molar-refractivity contribution is -0.139. The first-order valence-corrected chi connectivity index (χ1v) is 10.5. The molecule has 6 nitrogen and oxygen atoms in total. The summed E-state index contributed by atoms with van der Waals surface area (Å²) in [4.78, 5) is 27.4. The van der Waals surface area contributed by atoms with Crippen LogP contribution in [0.5, 0.6) is 11.5 Å². The van der Waals surface area contributed by atoms with Crippen LogP contribution in [0, 0.1) is 13.8 Å². The van der Waals surface area contributed by atoms with Gasteiger partial charge >= 0.3 is 0 Å². The number of ketones is 1. The Labute approximate surface area is 183 Å². The molecule has 0 aliphatic carbocycles. The lowest BCUT2D eigenvalue weighted by atomic mass is 9.93. The molecule has 0 spiro atoms. The summed E-state index contributed by atoms with van der Waals surface area (Å²) < 4.78 is 10.9. The average molecular weight is 424 g/mol. The van der Waals surface area contributed by atoms with Gasteiger partial charge in [0.25, 0.3) is 11.7 Å². The predicted molar refractivity (Wildman–Crippen MR) is 119 cm³/mol. The molecule has 0 aromatic heterocycles. The van der Waals surface area contributed by atoms with Crippen molar-refractivity contribution in [2.75, 3.05) is 20.3 Å². The van der Waals surface area contributed by atoms with Gasteiger partial charge in [0.1, 0.15) is 17.3 Å². The second-order valence-corrected chi connectivity index (χ2v) is 7.63. The van der Waals surface area contributed by atoms with Crippen LogP contribution in [0.3, 0.4) is 0 Å². The number of ether oxygens (including phenoxy) is 2. The van der Waals surface area contributed by atoms with Gasteiger partial charge in [0.15, 0.2) is 0 Å². The van der Waals surface area contributed by atoms with E-state index < -0.39 is 17.7 Å². The number of rotatable bonds is 7. The van der Waals surface area contributed by atoms with Gasteiger partial charge < -0.3 is 19.5 Å².